The highest BCUT2D eigenvalue weighted by Crippen LogP contribution is 2.13. The molecule has 0 bridgehead atoms. The standard InChI is InChI=1S/C50H84O6/c1-4-7-10-13-16-19-22-24-25-27-28-31-34-37-40-43-49(52)55-46-47(45-54-48(51)42-39-36-33-30-21-18-15-12-9-6-3)56-50(53)44-41-38-35-32-29-26-23-20-17-14-11-8-5-2/h8,11,14-15,17-20,22-23,26,29,47H,4-7,9-10,12-13,16,21,24-25,27-28,30-46H2,1-3H3/b11-8-,17-14-,18-15-,22-19-,23-20-,29-26-. The van der Waals surface area contributed by atoms with Crippen molar-refractivity contribution < 1.29 is 28.6 Å². The van der Waals surface area contributed by atoms with Crippen molar-refractivity contribution in [1.29, 1.82) is 0 Å². The second-order valence-corrected chi connectivity index (χ2v) is 15.0. The number of esters is 3. The van der Waals surface area contributed by atoms with E-state index in [9.17, 15) is 14.4 Å². The lowest BCUT2D eigenvalue weighted by Gasteiger charge is -2.18. The molecule has 0 heterocycles. The van der Waals surface area contributed by atoms with Crippen molar-refractivity contribution in [3.8, 4) is 0 Å². The van der Waals surface area contributed by atoms with E-state index in [2.05, 4.69) is 57.2 Å². The molecule has 0 saturated heterocycles. The largest absolute Gasteiger partial charge is 0.462 e. The van der Waals surface area contributed by atoms with Gasteiger partial charge in [-0.05, 0) is 83.5 Å². The average Bonchev–Trinajstić information content (AvgIpc) is 3.19. The molecule has 0 spiro atoms. The Morgan fingerprint density at radius 3 is 1.21 bits per heavy atom. The van der Waals surface area contributed by atoms with Gasteiger partial charge < -0.3 is 14.2 Å². The molecular formula is C50H84O6. The number of carbonyl (C=O) groups is 3. The quantitative estimate of drug-likeness (QED) is 0.0203. The Balaban J connectivity index is 4.45. The number of ether oxygens (including phenoxy) is 3. The van der Waals surface area contributed by atoms with Crippen LogP contribution < -0.4 is 0 Å². The Hall–Kier alpha value is -3.15. The van der Waals surface area contributed by atoms with Gasteiger partial charge in [0.25, 0.3) is 0 Å². The lowest BCUT2D eigenvalue weighted by molar-refractivity contribution is -0.167. The third-order valence-corrected chi connectivity index (χ3v) is 9.51. The Labute approximate surface area is 344 Å². The normalized spacial score (nSPS) is 12.7. The van der Waals surface area contributed by atoms with E-state index in [1.807, 2.05) is 36.5 Å². The van der Waals surface area contributed by atoms with E-state index in [0.29, 0.717) is 19.3 Å². The van der Waals surface area contributed by atoms with Gasteiger partial charge in [-0.2, -0.15) is 0 Å². The van der Waals surface area contributed by atoms with Gasteiger partial charge in [-0.1, -0.05) is 177 Å². The molecule has 0 aliphatic rings. The molecule has 0 rings (SSSR count). The van der Waals surface area contributed by atoms with Crippen molar-refractivity contribution in [3.05, 3.63) is 72.9 Å². The van der Waals surface area contributed by atoms with E-state index in [1.165, 1.54) is 77.0 Å². The summed E-state index contributed by atoms with van der Waals surface area (Å²) in [6.45, 7) is 6.37. The monoisotopic (exact) mass is 781 g/mol. The van der Waals surface area contributed by atoms with E-state index < -0.39 is 6.10 Å². The molecule has 320 valence electrons. The van der Waals surface area contributed by atoms with Gasteiger partial charge in [-0.3, -0.25) is 14.4 Å². The second-order valence-electron chi connectivity index (χ2n) is 15.0. The van der Waals surface area contributed by atoms with Crippen LogP contribution in [0, 0.1) is 0 Å². The van der Waals surface area contributed by atoms with Crippen LogP contribution in [0.3, 0.4) is 0 Å². The minimum atomic E-state index is -0.799. The van der Waals surface area contributed by atoms with Crippen molar-refractivity contribution in [3.63, 3.8) is 0 Å². The van der Waals surface area contributed by atoms with Crippen LogP contribution in [0.25, 0.3) is 0 Å². The molecule has 1 unspecified atom stereocenters. The lowest BCUT2D eigenvalue weighted by Crippen LogP contribution is -2.30. The van der Waals surface area contributed by atoms with Crippen LogP contribution in [0.15, 0.2) is 72.9 Å². The summed E-state index contributed by atoms with van der Waals surface area (Å²) in [5.41, 5.74) is 0. The van der Waals surface area contributed by atoms with Crippen molar-refractivity contribution in [1.82, 2.24) is 0 Å². The predicted molar refractivity (Wildman–Crippen MR) is 238 cm³/mol. The molecule has 1 atom stereocenters. The highest BCUT2D eigenvalue weighted by molar-refractivity contribution is 5.71. The molecule has 56 heavy (non-hydrogen) atoms. The third-order valence-electron chi connectivity index (χ3n) is 9.51. The van der Waals surface area contributed by atoms with Crippen LogP contribution in [0.2, 0.25) is 0 Å². The fourth-order valence-electron chi connectivity index (χ4n) is 6.01. The number of hydrogen-bond acceptors (Lipinski definition) is 6. The first-order chi connectivity index (χ1) is 27.5. The van der Waals surface area contributed by atoms with Crippen LogP contribution in [0.4, 0.5) is 0 Å². The second kappa shape index (κ2) is 44.6. The van der Waals surface area contributed by atoms with E-state index in [1.54, 1.807) is 0 Å². The summed E-state index contributed by atoms with van der Waals surface area (Å²) in [6.07, 6.45) is 54.6. The average molecular weight is 781 g/mol. The zero-order valence-electron chi connectivity index (χ0n) is 36.4. The summed E-state index contributed by atoms with van der Waals surface area (Å²) >= 11 is 0. The van der Waals surface area contributed by atoms with Crippen molar-refractivity contribution in [2.75, 3.05) is 13.2 Å². The van der Waals surface area contributed by atoms with Crippen LogP contribution in [0.5, 0.6) is 0 Å². The number of rotatable bonds is 40. The third kappa shape index (κ3) is 42.0. The molecule has 0 aliphatic carbocycles. The molecular weight excluding hydrogens is 697 g/mol. The SMILES string of the molecule is CC\C=C/C=C\C=C/C=C\CCCCCC(=O)OC(COC(=O)CCCCCC/C=C\CCCC)COC(=O)CCCCCCCCC/C=C\CCCCCC. The lowest BCUT2D eigenvalue weighted by atomic mass is 10.1. The molecule has 6 nitrogen and oxygen atoms in total. The fourth-order valence-corrected chi connectivity index (χ4v) is 6.01. The van der Waals surface area contributed by atoms with Crippen LogP contribution in [-0.2, 0) is 28.6 Å². The molecule has 0 amide bonds. The smallest absolute Gasteiger partial charge is 0.306 e. The predicted octanol–water partition coefficient (Wildman–Crippen LogP) is 14.7. The van der Waals surface area contributed by atoms with Gasteiger partial charge in [0.2, 0.25) is 0 Å². The minimum Gasteiger partial charge on any atom is -0.462 e. The molecule has 0 aromatic rings. The van der Waals surface area contributed by atoms with Crippen molar-refractivity contribution in [2.45, 2.75) is 213 Å². The Bertz CT molecular complexity index is 1080. The highest BCUT2D eigenvalue weighted by Gasteiger charge is 2.19. The van der Waals surface area contributed by atoms with E-state index in [4.69, 9.17) is 14.2 Å². The van der Waals surface area contributed by atoms with Gasteiger partial charge in [0.15, 0.2) is 6.10 Å². The summed E-state index contributed by atoms with van der Waals surface area (Å²) in [5, 5.41) is 0. The molecule has 0 N–H and O–H groups in total. The van der Waals surface area contributed by atoms with Gasteiger partial charge >= 0.3 is 17.9 Å². The van der Waals surface area contributed by atoms with E-state index in [0.717, 1.165) is 83.5 Å². The molecule has 0 saturated carbocycles. The zero-order chi connectivity index (χ0) is 40.8. The Morgan fingerprint density at radius 2 is 0.732 bits per heavy atom. The maximum Gasteiger partial charge on any atom is 0.306 e. The zero-order valence-corrected chi connectivity index (χ0v) is 36.4. The summed E-state index contributed by atoms with van der Waals surface area (Å²) in [5.74, 6) is -0.962. The Kier molecular flexibility index (Phi) is 42.1. The van der Waals surface area contributed by atoms with Gasteiger partial charge in [0.1, 0.15) is 13.2 Å². The maximum atomic E-state index is 12.7. The van der Waals surface area contributed by atoms with E-state index in [-0.39, 0.29) is 37.5 Å². The summed E-state index contributed by atoms with van der Waals surface area (Å²) in [4.78, 5) is 37.7. The molecule has 6 heteroatoms. The first-order valence-electron chi connectivity index (χ1n) is 23.0. The molecule has 0 fully saturated rings. The van der Waals surface area contributed by atoms with Crippen LogP contribution in [-0.4, -0.2) is 37.2 Å². The maximum absolute atomic E-state index is 12.7. The first-order valence-corrected chi connectivity index (χ1v) is 23.0. The van der Waals surface area contributed by atoms with Crippen LogP contribution in [0.1, 0.15) is 207 Å². The summed E-state index contributed by atoms with van der Waals surface area (Å²) in [7, 11) is 0. The van der Waals surface area contributed by atoms with Crippen molar-refractivity contribution in [2.24, 2.45) is 0 Å². The number of carbonyl (C=O) groups excluding carboxylic acids is 3. The van der Waals surface area contributed by atoms with Crippen LogP contribution >= 0.6 is 0 Å². The van der Waals surface area contributed by atoms with Gasteiger partial charge in [0, 0.05) is 19.3 Å². The number of allylic oxidation sites excluding steroid dienone is 12. The fraction of sp³-hybridized carbons (Fsp3) is 0.700. The highest BCUT2D eigenvalue weighted by atomic mass is 16.6. The molecule has 0 aromatic heterocycles. The topological polar surface area (TPSA) is 78.9 Å². The Morgan fingerprint density at radius 1 is 0.375 bits per heavy atom. The number of unbranched alkanes of at least 4 members (excludes halogenated alkanes) is 20. The molecule has 0 aromatic carbocycles. The van der Waals surface area contributed by atoms with Gasteiger partial charge in [-0.15, -0.1) is 0 Å². The van der Waals surface area contributed by atoms with Gasteiger partial charge in [-0.25, -0.2) is 0 Å². The van der Waals surface area contributed by atoms with Crippen molar-refractivity contribution >= 4 is 17.9 Å². The molecule has 0 aliphatic heterocycles. The molecule has 0 radical (unpaired) electrons. The van der Waals surface area contributed by atoms with E-state index >= 15 is 0 Å². The first kappa shape index (κ1) is 52.9. The number of hydrogen-bond donors (Lipinski definition) is 0. The summed E-state index contributed by atoms with van der Waals surface area (Å²) < 4.78 is 16.7. The minimum absolute atomic E-state index is 0.0980. The summed E-state index contributed by atoms with van der Waals surface area (Å²) in [6, 6.07) is 0. The van der Waals surface area contributed by atoms with Gasteiger partial charge in [0.05, 0.1) is 0 Å².